The van der Waals surface area contributed by atoms with Crippen molar-refractivity contribution in [3.63, 3.8) is 0 Å². The van der Waals surface area contributed by atoms with E-state index in [-0.39, 0.29) is 18.3 Å². The molecule has 1 aromatic heterocycles. The van der Waals surface area contributed by atoms with Gasteiger partial charge in [0.05, 0.1) is 11.0 Å². The Bertz CT molecular complexity index is 797. The SMILES string of the molecule is CCn1c(=O)c(=O)[nH]c2cc(C(=O)NCCCCN)ccc21.Cl. The summed E-state index contributed by atoms with van der Waals surface area (Å²) in [5.41, 5.74) is 5.64. The molecule has 4 N–H and O–H groups in total. The van der Waals surface area contributed by atoms with Gasteiger partial charge in [0.2, 0.25) is 0 Å². The number of nitrogens with zero attached hydrogens (tertiary/aromatic N) is 1. The van der Waals surface area contributed by atoms with Crippen LogP contribution in [0.3, 0.4) is 0 Å². The van der Waals surface area contributed by atoms with Crippen LogP contribution in [0.4, 0.5) is 0 Å². The molecule has 0 saturated heterocycles. The van der Waals surface area contributed by atoms with Crippen LogP contribution in [0, 0.1) is 0 Å². The van der Waals surface area contributed by atoms with Crippen molar-refractivity contribution in [2.24, 2.45) is 5.73 Å². The summed E-state index contributed by atoms with van der Waals surface area (Å²) in [6.45, 7) is 3.34. The van der Waals surface area contributed by atoms with Gasteiger partial charge < -0.3 is 20.6 Å². The second-order valence-corrected chi connectivity index (χ2v) is 4.99. The van der Waals surface area contributed by atoms with Gasteiger partial charge in [0, 0.05) is 18.7 Å². The van der Waals surface area contributed by atoms with E-state index in [1.807, 2.05) is 0 Å². The molecule has 0 aliphatic heterocycles. The van der Waals surface area contributed by atoms with Crippen LogP contribution in [0.25, 0.3) is 11.0 Å². The van der Waals surface area contributed by atoms with Gasteiger partial charge >= 0.3 is 11.1 Å². The molecule has 1 amide bonds. The first-order valence-electron chi connectivity index (χ1n) is 7.33. The summed E-state index contributed by atoms with van der Waals surface area (Å²) in [4.78, 5) is 38.0. The van der Waals surface area contributed by atoms with Crippen LogP contribution < -0.4 is 22.2 Å². The van der Waals surface area contributed by atoms with E-state index in [4.69, 9.17) is 5.73 Å². The Labute approximate surface area is 139 Å². The van der Waals surface area contributed by atoms with Crippen molar-refractivity contribution >= 4 is 29.3 Å². The summed E-state index contributed by atoms with van der Waals surface area (Å²) in [7, 11) is 0. The molecule has 1 heterocycles. The standard InChI is InChI=1S/C15H20N4O3.ClH/c1-2-19-12-6-5-10(13(20)17-8-4-3-7-16)9-11(12)18-14(21)15(19)22;/h5-6,9H,2-4,7-8,16H2,1H3,(H,17,20)(H,18,21);1H. The van der Waals surface area contributed by atoms with Gasteiger partial charge in [-0.2, -0.15) is 0 Å². The average molecular weight is 341 g/mol. The molecular formula is C15H21ClN4O3. The second-order valence-electron chi connectivity index (χ2n) is 4.99. The normalized spacial score (nSPS) is 10.3. The number of halogens is 1. The molecule has 0 fully saturated rings. The number of fused-ring (bicyclic) bond motifs is 1. The lowest BCUT2D eigenvalue weighted by atomic mass is 10.1. The minimum absolute atomic E-state index is 0. The predicted molar refractivity (Wildman–Crippen MR) is 92.4 cm³/mol. The van der Waals surface area contributed by atoms with E-state index in [0.29, 0.717) is 36.2 Å². The van der Waals surface area contributed by atoms with Crippen molar-refractivity contribution in [3.05, 3.63) is 44.5 Å². The van der Waals surface area contributed by atoms with Gasteiger partial charge in [0.1, 0.15) is 0 Å². The molecule has 7 nitrogen and oxygen atoms in total. The van der Waals surface area contributed by atoms with Crippen LogP contribution in [0.15, 0.2) is 27.8 Å². The molecule has 2 aromatic rings. The fourth-order valence-corrected chi connectivity index (χ4v) is 2.31. The Morgan fingerprint density at radius 3 is 2.70 bits per heavy atom. The fraction of sp³-hybridized carbons (Fsp3) is 0.400. The van der Waals surface area contributed by atoms with E-state index < -0.39 is 11.1 Å². The lowest BCUT2D eigenvalue weighted by Gasteiger charge is -2.09. The van der Waals surface area contributed by atoms with Gasteiger partial charge in [-0.15, -0.1) is 12.4 Å². The molecule has 2 rings (SSSR count). The van der Waals surface area contributed by atoms with Gasteiger partial charge in [-0.1, -0.05) is 0 Å². The summed E-state index contributed by atoms with van der Waals surface area (Å²) in [5.74, 6) is -0.214. The third-order valence-electron chi connectivity index (χ3n) is 3.47. The molecule has 0 radical (unpaired) electrons. The summed E-state index contributed by atoms with van der Waals surface area (Å²) in [6.07, 6.45) is 1.68. The highest BCUT2D eigenvalue weighted by atomic mass is 35.5. The first-order valence-corrected chi connectivity index (χ1v) is 7.33. The third kappa shape index (κ3) is 4.20. The van der Waals surface area contributed by atoms with Gasteiger partial charge in [0.25, 0.3) is 5.91 Å². The molecule has 23 heavy (non-hydrogen) atoms. The van der Waals surface area contributed by atoms with Crippen molar-refractivity contribution in [2.75, 3.05) is 13.1 Å². The van der Waals surface area contributed by atoms with Crippen molar-refractivity contribution in [1.29, 1.82) is 0 Å². The predicted octanol–water partition coefficient (Wildman–Crippen LogP) is 0.600. The van der Waals surface area contributed by atoms with Crippen LogP contribution in [-0.4, -0.2) is 28.5 Å². The number of nitrogens with one attached hydrogen (secondary N) is 2. The quantitative estimate of drug-likeness (QED) is 0.528. The van der Waals surface area contributed by atoms with E-state index in [0.717, 1.165) is 12.8 Å². The number of aromatic amines is 1. The maximum Gasteiger partial charge on any atom is 0.316 e. The molecule has 0 aliphatic carbocycles. The topological polar surface area (TPSA) is 110 Å². The molecule has 0 bridgehead atoms. The molecule has 0 unspecified atom stereocenters. The monoisotopic (exact) mass is 340 g/mol. The van der Waals surface area contributed by atoms with Crippen molar-refractivity contribution in [1.82, 2.24) is 14.9 Å². The highest BCUT2D eigenvalue weighted by Crippen LogP contribution is 2.11. The van der Waals surface area contributed by atoms with Gasteiger partial charge in [-0.25, -0.2) is 0 Å². The summed E-state index contributed by atoms with van der Waals surface area (Å²) < 4.78 is 1.39. The number of amides is 1. The number of aromatic nitrogens is 2. The van der Waals surface area contributed by atoms with Crippen molar-refractivity contribution in [2.45, 2.75) is 26.3 Å². The highest BCUT2D eigenvalue weighted by Gasteiger charge is 2.10. The number of hydrogen-bond donors (Lipinski definition) is 3. The van der Waals surface area contributed by atoms with Gasteiger partial charge in [0.15, 0.2) is 0 Å². The summed E-state index contributed by atoms with van der Waals surface area (Å²) >= 11 is 0. The number of benzene rings is 1. The first-order chi connectivity index (χ1) is 10.6. The minimum atomic E-state index is -0.685. The zero-order valence-corrected chi connectivity index (χ0v) is 13.7. The van der Waals surface area contributed by atoms with Crippen molar-refractivity contribution in [3.8, 4) is 0 Å². The van der Waals surface area contributed by atoms with Crippen molar-refractivity contribution < 1.29 is 4.79 Å². The molecule has 1 aromatic carbocycles. The minimum Gasteiger partial charge on any atom is -0.352 e. The number of H-pyrrole nitrogens is 1. The largest absolute Gasteiger partial charge is 0.352 e. The Morgan fingerprint density at radius 2 is 2.04 bits per heavy atom. The van der Waals surface area contributed by atoms with Crippen LogP contribution in [-0.2, 0) is 6.54 Å². The van der Waals surface area contributed by atoms with Crippen LogP contribution in [0.5, 0.6) is 0 Å². The first kappa shape index (κ1) is 18.9. The van der Waals surface area contributed by atoms with E-state index in [9.17, 15) is 14.4 Å². The molecule has 0 atom stereocenters. The lowest BCUT2D eigenvalue weighted by molar-refractivity contribution is 0.0953. The molecule has 8 heteroatoms. The van der Waals surface area contributed by atoms with E-state index in [1.54, 1.807) is 25.1 Å². The Balaban J connectivity index is 0.00000264. The number of carbonyl (C=O) groups excluding carboxylic acids is 1. The van der Waals surface area contributed by atoms with E-state index in [2.05, 4.69) is 10.3 Å². The Kier molecular flexibility index (Phi) is 6.99. The second kappa shape index (κ2) is 8.50. The molecule has 0 aliphatic rings. The number of aryl methyl sites for hydroxylation is 1. The highest BCUT2D eigenvalue weighted by molar-refractivity contribution is 5.97. The zero-order chi connectivity index (χ0) is 16.1. The number of carbonyl (C=O) groups is 1. The molecule has 126 valence electrons. The zero-order valence-electron chi connectivity index (χ0n) is 12.9. The fourth-order valence-electron chi connectivity index (χ4n) is 2.31. The Morgan fingerprint density at radius 1 is 1.30 bits per heavy atom. The number of rotatable bonds is 6. The maximum atomic E-state index is 12.1. The third-order valence-corrected chi connectivity index (χ3v) is 3.47. The maximum absolute atomic E-state index is 12.1. The lowest BCUT2D eigenvalue weighted by Crippen LogP contribution is -2.36. The van der Waals surface area contributed by atoms with Gasteiger partial charge in [-0.3, -0.25) is 14.4 Å². The van der Waals surface area contributed by atoms with Crippen LogP contribution >= 0.6 is 12.4 Å². The number of unbranched alkanes of at least 4 members (excludes halogenated alkanes) is 1. The van der Waals surface area contributed by atoms with Crippen LogP contribution in [0.2, 0.25) is 0 Å². The summed E-state index contributed by atoms with van der Waals surface area (Å²) in [6, 6.07) is 4.90. The van der Waals surface area contributed by atoms with E-state index >= 15 is 0 Å². The van der Waals surface area contributed by atoms with Crippen LogP contribution in [0.1, 0.15) is 30.1 Å². The Hall–Kier alpha value is -2.12. The number of hydrogen-bond acceptors (Lipinski definition) is 4. The van der Waals surface area contributed by atoms with E-state index in [1.165, 1.54) is 4.57 Å². The summed E-state index contributed by atoms with van der Waals surface area (Å²) in [5, 5.41) is 2.80. The number of nitrogens with two attached hydrogens (primary N) is 1. The molecule has 0 spiro atoms. The molecular weight excluding hydrogens is 320 g/mol. The van der Waals surface area contributed by atoms with Gasteiger partial charge in [-0.05, 0) is 44.5 Å². The molecule has 0 saturated carbocycles. The average Bonchev–Trinajstić information content (AvgIpc) is 2.52. The smallest absolute Gasteiger partial charge is 0.316 e.